The quantitative estimate of drug-likeness (QED) is 0.585. The summed E-state index contributed by atoms with van der Waals surface area (Å²) in [4.78, 5) is 17.1. The first-order valence-corrected chi connectivity index (χ1v) is 5.35. The van der Waals surface area contributed by atoms with Crippen molar-refractivity contribution in [3.63, 3.8) is 0 Å². The van der Waals surface area contributed by atoms with E-state index < -0.39 is 0 Å². The molecule has 4 nitrogen and oxygen atoms in total. The number of aromatic nitrogens is 3. The van der Waals surface area contributed by atoms with Crippen LogP contribution < -0.4 is 5.56 Å². The maximum absolute atomic E-state index is 11.1. The molecule has 0 saturated heterocycles. The molecule has 12 heavy (non-hydrogen) atoms. The van der Waals surface area contributed by atoms with Gasteiger partial charge in [0.05, 0.1) is 0 Å². The average Bonchev–Trinajstić information content (AvgIpc) is 2.35. The molecule has 0 fully saturated rings. The van der Waals surface area contributed by atoms with E-state index in [1.807, 2.05) is 6.92 Å². The van der Waals surface area contributed by atoms with Crippen molar-refractivity contribution < 1.29 is 0 Å². The topological polar surface area (TPSA) is 47.3 Å². The van der Waals surface area contributed by atoms with Crippen LogP contribution in [0.25, 0.3) is 4.52 Å². The molecule has 0 aliphatic rings. The summed E-state index contributed by atoms with van der Waals surface area (Å²) in [6, 6.07) is 0. The van der Waals surface area contributed by atoms with Crippen molar-refractivity contribution in [2.45, 2.75) is 13.8 Å². The predicted molar refractivity (Wildman–Crippen MR) is 45.7 cm³/mol. The summed E-state index contributed by atoms with van der Waals surface area (Å²) >= 11 is 0.184. The third-order valence-electron chi connectivity index (χ3n) is 1.61. The van der Waals surface area contributed by atoms with Gasteiger partial charge < -0.3 is 0 Å². The SMILES string of the molecule is Cc1nn2c(C)c[se]c2nc1=O. The fourth-order valence-corrected chi connectivity index (χ4v) is 2.61. The Morgan fingerprint density at radius 3 is 3.00 bits per heavy atom. The zero-order valence-corrected chi connectivity index (χ0v) is 8.45. The van der Waals surface area contributed by atoms with Crippen molar-refractivity contribution >= 4 is 19.0 Å². The van der Waals surface area contributed by atoms with Crippen molar-refractivity contribution in [2.75, 3.05) is 0 Å². The number of hydrogen-bond donors (Lipinski definition) is 0. The minimum absolute atomic E-state index is 0.184. The van der Waals surface area contributed by atoms with Gasteiger partial charge in [0, 0.05) is 0 Å². The molecule has 0 aliphatic heterocycles. The van der Waals surface area contributed by atoms with Crippen LogP contribution in [-0.2, 0) is 0 Å². The summed E-state index contributed by atoms with van der Waals surface area (Å²) in [6.07, 6.45) is 0. The van der Waals surface area contributed by atoms with Gasteiger partial charge >= 0.3 is 74.2 Å². The van der Waals surface area contributed by atoms with Gasteiger partial charge in [0.1, 0.15) is 0 Å². The van der Waals surface area contributed by atoms with Crippen molar-refractivity contribution in [1.82, 2.24) is 14.6 Å². The molecule has 0 bridgehead atoms. The molecule has 0 unspecified atom stereocenters. The Morgan fingerprint density at radius 2 is 2.25 bits per heavy atom. The standard InChI is InChI=1S/C7H7N3OSe/c1-4-3-12-7-8-6(11)5(2)9-10(4)7/h3H,1-2H3. The molecule has 0 aliphatic carbocycles. The Morgan fingerprint density at radius 1 is 1.50 bits per heavy atom. The van der Waals surface area contributed by atoms with Crippen LogP contribution in [0.1, 0.15) is 11.4 Å². The second-order valence-electron chi connectivity index (χ2n) is 2.57. The normalized spacial score (nSPS) is 10.8. The molecule has 0 spiro atoms. The first kappa shape index (κ1) is 7.70. The first-order chi connectivity index (χ1) is 5.68. The summed E-state index contributed by atoms with van der Waals surface area (Å²) in [5, 5.41) is 4.12. The van der Waals surface area contributed by atoms with Crippen LogP contribution in [-0.4, -0.2) is 29.1 Å². The number of nitrogens with zero attached hydrogens (tertiary/aromatic N) is 3. The van der Waals surface area contributed by atoms with E-state index in [0.29, 0.717) is 5.69 Å². The maximum atomic E-state index is 11.1. The Bertz CT molecular complexity index is 485. The third kappa shape index (κ3) is 1.02. The van der Waals surface area contributed by atoms with Crippen LogP contribution in [0.2, 0.25) is 0 Å². The molecular formula is C7H7N3OSe. The van der Waals surface area contributed by atoms with Crippen LogP contribution >= 0.6 is 0 Å². The van der Waals surface area contributed by atoms with Crippen molar-refractivity contribution in [1.29, 1.82) is 0 Å². The van der Waals surface area contributed by atoms with Crippen molar-refractivity contribution in [3.8, 4) is 0 Å². The molecule has 2 rings (SSSR count). The summed E-state index contributed by atoms with van der Waals surface area (Å²) in [6.45, 7) is 3.65. The van der Waals surface area contributed by atoms with Gasteiger partial charge in [-0.1, -0.05) is 0 Å². The van der Waals surface area contributed by atoms with Crippen LogP contribution in [0.5, 0.6) is 0 Å². The summed E-state index contributed by atoms with van der Waals surface area (Å²) in [7, 11) is 0. The molecular weight excluding hydrogens is 221 g/mol. The molecule has 0 atom stereocenters. The van der Waals surface area contributed by atoms with Gasteiger partial charge in [-0.3, -0.25) is 0 Å². The van der Waals surface area contributed by atoms with Gasteiger partial charge in [-0.15, -0.1) is 0 Å². The molecule has 2 aromatic heterocycles. The average molecular weight is 228 g/mol. The third-order valence-corrected chi connectivity index (χ3v) is 3.57. The monoisotopic (exact) mass is 229 g/mol. The fraction of sp³-hybridized carbons (Fsp3) is 0.286. The van der Waals surface area contributed by atoms with E-state index in [4.69, 9.17) is 0 Å². The Balaban J connectivity index is 2.97. The summed E-state index contributed by atoms with van der Waals surface area (Å²) < 4.78 is 2.55. The second-order valence-corrected chi connectivity index (χ2v) is 4.33. The number of fused-ring (bicyclic) bond motifs is 1. The predicted octanol–water partition coefficient (Wildman–Crippen LogP) is -0.237. The Hall–Kier alpha value is -0.931. The summed E-state index contributed by atoms with van der Waals surface area (Å²) in [5.74, 6) is 0. The molecule has 0 saturated carbocycles. The molecule has 0 aromatic carbocycles. The van der Waals surface area contributed by atoms with E-state index in [1.54, 1.807) is 11.4 Å². The first-order valence-electron chi connectivity index (χ1n) is 3.50. The van der Waals surface area contributed by atoms with Gasteiger partial charge in [0.25, 0.3) is 0 Å². The van der Waals surface area contributed by atoms with E-state index in [9.17, 15) is 4.79 Å². The molecule has 0 radical (unpaired) electrons. The molecule has 0 amide bonds. The fourth-order valence-electron chi connectivity index (χ4n) is 0.945. The van der Waals surface area contributed by atoms with Gasteiger partial charge in [-0.2, -0.15) is 0 Å². The zero-order valence-electron chi connectivity index (χ0n) is 6.74. The second kappa shape index (κ2) is 2.54. The molecule has 5 heteroatoms. The molecule has 2 heterocycles. The van der Waals surface area contributed by atoms with Gasteiger partial charge in [0.2, 0.25) is 0 Å². The van der Waals surface area contributed by atoms with Crippen LogP contribution in [0, 0.1) is 13.8 Å². The van der Waals surface area contributed by atoms with Gasteiger partial charge in [0.15, 0.2) is 0 Å². The van der Waals surface area contributed by atoms with E-state index in [0.717, 1.165) is 10.2 Å². The summed E-state index contributed by atoms with van der Waals surface area (Å²) in [5.41, 5.74) is 1.33. The Kier molecular flexibility index (Phi) is 1.63. The van der Waals surface area contributed by atoms with E-state index in [1.165, 1.54) is 0 Å². The van der Waals surface area contributed by atoms with Gasteiger partial charge in [-0.25, -0.2) is 0 Å². The molecule has 0 N–H and O–H groups in total. The molecule has 2 aromatic rings. The van der Waals surface area contributed by atoms with Crippen LogP contribution in [0.15, 0.2) is 9.73 Å². The number of rotatable bonds is 0. The molecule has 62 valence electrons. The van der Waals surface area contributed by atoms with Crippen molar-refractivity contribution in [3.05, 3.63) is 26.7 Å². The number of hydrogen-bond acceptors (Lipinski definition) is 3. The zero-order chi connectivity index (χ0) is 8.72. The number of aryl methyl sites for hydroxylation is 2. The van der Waals surface area contributed by atoms with Crippen LogP contribution in [0.3, 0.4) is 0 Å². The van der Waals surface area contributed by atoms with E-state index in [2.05, 4.69) is 15.0 Å². The minimum atomic E-state index is -0.203. The van der Waals surface area contributed by atoms with E-state index >= 15 is 0 Å². The van der Waals surface area contributed by atoms with Gasteiger partial charge in [-0.05, 0) is 0 Å². The van der Waals surface area contributed by atoms with E-state index in [-0.39, 0.29) is 20.1 Å². The Labute approximate surface area is 74.6 Å². The van der Waals surface area contributed by atoms with Crippen LogP contribution in [0.4, 0.5) is 0 Å². The van der Waals surface area contributed by atoms with Crippen molar-refractivity contribution in [2.24, 2.45) is 0 Å².